The van der Waals surface area contributed by atoms with Gasteiger partial charge in [0.2, 0.25) is 15.9 Å². The molecule has 1 aliphatic carbocycles. The number of hydrogen-bond donors (Lipinski definition) is 1. The van der Waals surface area contributed by atoms with Crippen LogP contribution < -0.4 is 9.62 Å². The lowest BCUT2D eigenvalue weighted by atomic mass is 9.89. The molecule has 0 bridgehead atoms. The van der Waals surface area contributed by atoms with Crippen LogP contribution in [-0.4, -0.2) is 20.9 Å². The van der Waals surface area contributed by atoms with E-state index in [0.717, 1.165) is 42.5 Å². The number of aryl methyl sites for hydroxylation is 3. The van der Waals surface area contributed by atoms with E-state index < -0.39 is 10.0 Å². The Labute approximate surface area is 179 Å². The average molecular weight is 427 g/mol. The summed E-state index contributed by atoms with van der Waals surface area (Å²) < 4.78 is 29.3. The zero-order valence-electron chi connectivity index (χ0n) is 17.8. The SMILES string of the molecule is CCC(NS(=O)(=O)c1ccc2c(c1)CCCN2C(C)=O)c1ccc2c(c1)CCCC2. The number of carbonyl (C=O) groups excluding carboxylic acids is 1. The summed E-state index contributed by atoms with van der Waals surface area (Å²) in [5.41, 5.74) is 5.53. The highest BCUT2D eigenvalue weighted by molar-refractivity contribution is 7.89. The van der Waals surface area contributed by atoms with Crippen molar-refractivity contribution in [3.05, 3.63) is 58.7 Å². The van der Waals surface area contributed by atoms with E-state index in [9.17, 15) is 13.2 Å². The predicted octanol–water partition coefficient (Wildman–Crippen LogP) is 4.29. The maximum atomic E-state index is 13.2. The first-order chi connectivity index (χ1) is 14.4. The maximum absolute atomic E-state index is 13.2. The van der Waals surface area contributed by atoms with E-state index in [1.54, 1.807) is 30.0 Å². The summed E-state index contributed by atoms with van der Waals surface area (Å²) in [6.07, 6.45) is 6.93. The fourth-order valence-electron chi connectivity index (χ4n) is 4.68. The van der Waals surface area contributed by atoms with Crippen molar-refractivity contribution >= 4 is 21.6 Å². The molecule has 0 aromatic heterocycles. The minimum atomic E-state index is -3.67. The molecule has 0 fully saturated rings. The molecule has 2 aromatic carbocycles. The van der Waals surface area contributed by atoms with Gasteiger partial charge in [0.15, 0.2) is 0 Å². The van der Waals surface area contributed by atoms with Crippen LogP contribution in [0.4, 0.5) is 5.69 Å². The molecule has 5 nitrogen and oxygen atoms in total. The summed E-state index contributed by atoms with van der Waals surface area (Å²) >= 11 is 0. The van der Waals surface area contributed by atoms with Gasteiger partial charge < -0.3 is 4.90 Å². The van der Waals surface area contributed by atoms with Crippen molar-refractivity contribution in [2.45, 2.75) is 69.7 Å². The van der Waals surface area contributed by atoms with Crippen LogP contribution in [0.2, 0.25) is 0 Å². The van der Waals surface area contributed by atoms with E-state index in [4.69, 9.17) is 0 Å². The zero-order valence-corrected chi connectivity index (χ0v) is 18.6. The van der Waals surface area contributed by atoms with Gasteiger partial charge in [-0.2, -0.15) is 0 Å². The second-order valence-electron chi connectivity index (χ2n) is 8.38. The topological polar surface area (TPSA) is 66.5 Å². The average Bonchev–Trinajstić information content (AvgIpc) is 2.76. The minimum absolute atomic E-state index is 0.0110. The number of carbonyl (C=O) groups is 1. The lowest BCUT2D eigenvalue weighted by molar-refractivity contribution is -0.116. The molecule has 1 atom stereocenters. The molecule has 30 heavy (non-hydrogen) atoms. The van der Waals surface area contributed by atoms with Crippen LogP contribution in [0, 0.1) is 0 Å². The quantitative estimate of drug-likeness (QED) is 0.775. The third-order valence-electron chi connectivity index (χ3n) is 6.34. The fourth-order valence-corrected chi connectivity index (χ4v) is 6.04. The third kappa shape index (κ3) is 4.16. The van der Waals surface area contributed by atoms with Crippen LogP contribution in [0.25, 0.3) is 0 Å². The Hall–Kier alpha value is -2.18. The molecule has 4 rings (SSSR count). The van der Waals surface area contributed by atoms with E-state index in [0.29, 0.717) is 13.0 Å². The summed E-state index contributed by atoms with van der Waals surface area (Å²) in [6.45, 7) is 4.24. The number of rotatable bonds is 5. The number of nitrogens with one attached hydrogen (secondary N) is 1. The van der Waals surface area contributed by atoms with Crippen LogP contribution in [0.15, 0.2) is 41.3 Å². The van der Waals surface area contributed by atoms with Gasteiger partial charge in [0, 0.05) is 25.2 Å². The van der Waals surface area contributed by atoms with Gasteiger partial charge in [0.05, 0.1) is 4.90 Å². The van der Waals surface area contributed by atoms with Gasteiger partial charge in [-0.15, -0.1) is 0 Å². The number of nitrogens with zero attached hydrogens (tertiary/aromatic N) is 1. The Morgan fingerprint density at radius 1 is 1.00 bits per heavy atom. The number of amides is 1. The van der Waals surface area contributed by atoms with Gasteiger partial charge in [-0.05, 0) is 85.4 Å². The van der Waals surface area contributed by atoms with Gasteiger partial charge in [0.25, 0.3) is 0 Å². The zero-order chi connectivity index (χ0) is 21.3. The minimum Gasteiger partial charge on any atom is -0.312 e. The molecule has 0 spiro atoms. The number of anilines is 1. The smallest absolute Gasteiger partial charge is 0.241 e. The molecule has 160 valence electrons. The molecule has 0 radical (unpaired) electrons. The van der Waals surface area contributed by atoms with Gasteiger partial charge in [-0.3, -0.25) is 4.79 Å². The molecule has 1 aliphatic heterocycles. The third-order valence-corrected chi connectivity index (χ3v) is 7.81. The highest BCUT2D eigenvalue weighted by Gasteiger charge is 2.25. The lowest BCUT2D eigenvalue weighted by Crippen LogP contribution is -2.34. The molecule has 1 heterocycles. The van der Waals surface area contributed by atoms with Gasteiger partial charge in [-0.1, -0.05) is 25.1 Å². The first-order valence-corrected chi connectivity index (χ1v) is 12.4. The number of benzene rings is 2. The van der Waals surface area contributed by atoms with Crippen LogP contribution >= 0.6 is 0 Å². The van der Waals surface area contributed by atoms with Crippen molar-refractivity contribution in [1.29, 1.82) is 0 Å². The summed E-state index contributed by atoms with van der Waals surface area (Å²) in [5, 5.41) is 0. The second kappa shape index (κ2) is 8.52. The molecule has 0 saturated carbocycles. The Morgan fingerprint density at radius 2 is 1.73 bits per heavy atom. The predicted molar refractivity (Wildman–Crippen MR) is 119 cm³/mol. The molecule has 1 amide bonds. The maximum Gasteiger partial charge on any atom is 0.241 e. The Morgan fingerprint density at radius 3 is 2.47 bits per heavy atom. The highest BCUT2D eigenvalue weighted by atomic mass is 32.2. The standard InChI is InChI=1S/C24H30N2O3S/c1-3-23(20-11-10-18-7-4-5-8-19(18)15-20)25-30(28,29)22-12-13-24-21(16-22)9-6-14-26(24)17(2)27/h10-13,15-16,23,25H,3-9,14H2,1-2H3. The molecule has 0 saturated heterocycles. The molecule has 1 N–H and O–H groups in total. The van der Waals surface area contributed by atoms with E-state index >= 15 is 0 Å². The van der Waals surface area contributed by atoms with E-state index in [-0.39, 0.29) is 16.8 Å². The molecule has 2 aliphatic rings. The van der Waals surface area contributed by atoms with Crippen molar-refractivity contribution in [1.82, 2.24) is 4.72 Å². The van der Waals surface area contributed by atoms with Gasteiger partial charge in [-0.25, -0.2) is 13.1 Å². The number of hydrogen-bond acceptors (Lipinski definition) is 3. The Bertz CT molecular complexity index is 1060. The van der Waals surface area contributed by atoms with Crippen LogP contribution in [0.5, 0.6) is 0 Å². The first-order valence-electron chi connectivity index (χ1n) is 10.9. The van der Waals surface area contributed by atoms with Crippen LogP contribution in [0.1, 0.15) is 67.8 Å². The monoisotopic (exact) mass is 426 g/mol. The molecule has 1 unspecified atom stereocenters. The second-order valence-corrected chi connectivity index (χ2v) is 10.1. The van der Waals surface area contributed by atoms with E-state index in [1.165, 1.54) is 24.0 Å². The number of fused-ring (bicyclic) bond motifs is 2. The summed E-state index contributed by atoms with van der Waals surface area (Å²) in [4.78, 5) is 13.9. The molecule has 2 aromatic rings. The van der Waals surface area contributed by atoms with Crippen molar-refractivity contribution in [3.63, 3.8) is 0 Å². The highest BCUT2D eigenvalue weighted by Crippen LogP contribution is 2.31. The van der Waals surface area contributed by atoms with Crippen molar-refractivity contribution < 1.29 is 13.2 Å². The summed E-state index contributed by atoms with van der Waals surface area (Å²) in [7, 11) is -3.67. The molecular weight excluding hydrogens is 396 g/mol. The largest absolute Gasteiger partial charge is 0.312 e. The lowest BCUT2D eigenvalue weighted by Gasteiger charge is -2.29. The number of sulfonamides is 1. The first kappa shape index (κ1) is 21.1. The van der Waals surface area contributed by atoms with Crippen LogP contribution in [-0.2, 0) is 34.1 Å². The van der Waals surface area contributed by atoms with E-state index in [1.807, 2.05) is 6.92 Å². The normalized spacial score (nSPS) is 17.2. The van der Waals surface area contributed by atoms with Gasteiger partial charge in [0.1, 0.15) is 0 Å². The van der Waals surface area contributed by atoms with Crippen LogP contribution in [0.3, 0.4) is 0 Å². The van der Waals surface area contributed by atoms with Gasteiger partial charge >= 0.3 is 0 Å². The molecule has 6 heteroatoms. The fraction of sp³-hybridized carbons (Fsp3) is 0.458. The van der Waals surface area contributed by atoms with E-state index in [2.05, 4.69) is 22.9 Å². The molecular formula is C24H30N2O3S. The van der Waals surface area contributed by atoms with Crippen molar-refractivity contribution in [2.24, 2.45) is 0 Å². The Kier molecular flexibility index (Phi) is 5.98. The van der Waals surface area contributed by atoms with Crippen molar-refractivity contribution in [3.8, 4) is 0 Å². The summed E-state index contributed by atoms with van der Waals surface area (Å²) in [6, 6.07) is 11.3. The Balaban J connectivity index is 1.59. The summed E-state index contributed by atoms with van der Waals surface area (Å²) in [5.74, 6) is -0.0110. The van der Waals surface area contributed by atoms with Crippen molar-refractivity contribution in [2.75, 3.05) is 11.4 Å².